The summed E-state index contributed by atoms with van der Waals surface area (Å²) >= 11 is 1.45. The Bertz CT molecular complexity index is 843. The van der Waals surface area contributed by atoms with Crippen molar-refractivity contribution in [3.05, 3.63) is 48.0 Å². The molecule has 0 saturated heterocycles. The first-order valence-corrected chi connectivity index (χ1v) is 9.00. The molecule has 130 valence electrons. The smallest absolute Gasteiger partial charge is 0.257 e. The number of amides is 1. The van der Waals surface area contributed by atoms with Crippen LogP contribution in [0.2, 0.25) is 0 Å². The van der Waals surface area contributed by atoms with Gasteiger partial charge in [-0.15, -0.1) is 0 Å². The van der Waals surface area contributed by atoms with Crippen LogP contribution in [-0.4, -0.2) is 24.6 Å². The van der Waals surface area contributed by atoms with Crippen LogP contribution in [0.5, 0.6) is 11.5 Å². The lowest BCUT2D eigenvalue weighted by molar-refractivity contribution is 0.102. The second-order valence-electron chi connectivity index (χ2n) is 5.51. The number of methoxy groups -OCH3 is 1. The number of nitrogens with zero attached hydrogens (tertiary/aromatic N) is 1. The fourth-order valence-corrected chi connectivity index (χ4v) is 3.21. The van der Waals surface area contributed by atoms with Gasteiger partial charge in [0.15, 0.2) is 16.6 Å². The molecule has 5 nitrogen and oxygen atoms in total. The molecular weight excluding hydrogens is 336 g/mol. The first-order valence-electron chi connectivity index (χ1n) is 8.19. The predicted molar refractivity (Wildman–Crippen MR) is 101 cm³/mol. The first kappa shape index (κ1) is 17.2. The maximum atomic E-state index is 12.5. The molecule has 0 aliphatic carbocycles. The molecule has 2 aromatic carbocycles. The van der Waals surface area contributed by atoms with Crippen molar-refractivity contribution < 1.29 is 14.3 Å². The molecule has 3 aromatic rings. The molecular formula is C19H20N2O3S. The molecule has 0 fully saturated rings. The zero-order valence-electron chi connectivity index (χ0n) is 14.2. The lowest BCUT2D eigenvalue weighted by Gasteiger charge is -2.11. The molecule has 1 heterocycles. The largest absolute Gasteiger partial charge is 0.493 e. The lowest BCUT2D eigenvalue weighted by Crippen LogP contribution is -2.12. The summed E-state index contributed by atoms with van der Waals surface area (Å²) in [5.74, 6) is 0.970. The van der Waals surface area contributed by atoms with Crippen molar-refractivity contribution >= 4 is 32.6 Å². The van der Waals surface area contributed by atoms with E-state index in [1.54, 1.807) is 25.3 Å². The summed E-state index contributed by atoms with van der Waals surface area (Å²) in [4.78, 5) is 16.9. The van der Waals surface area contributed by atoms with Gasteiger partial charge in [-0.25, -0.2) is 4.98 Å². The van der Waals surface area contributed by atoms with Crippen LogP contribution in [0, 0.1) is 0 Å². The average Bonchev–Trinajstić information content (AvgIpc) is 3.04. The summed E-state index contributed by atoms with van der Waals surface area (Å²) in [5.41, 5.74) is 1.37. The summed E-state index contributed by atoms with van der Waals surface area (Å²) in [6, 6.07) is 13.0. The van der Waals surface area contributed by atoms with E-state index in [-0.39, 0.29) is 5.91 Å². The zero-order valence-corrected chi connectivity index (χ0v) is 15.1. The number of para-hydroxylation sites is 1. The number of carbonyl (C=O) groups is 1. The third kappa shape index (κ3) is 4.09. The summed E-state index contributed by atoms with van der Waals surface area (Å²) in [6.07, 6.45) is 2.04. The van der Waals surface area contributed by atoms with Crippen molar-refractivity contribution in [2.24, 2.45) is 0 Å². The lowest BCUT2D eigenvalue weighted by atomic mass is 10.2. The number of unbranched alkanes of at least 4 members (excludes halogenated alkanes) is 1. The molecule has 0 radical (unpaired) electrons. The van der Waals surface area contributed by atoms with Crippen molar-refractivity contribution in [1.29, 1.82) is 0 Å². The molecule has 0 saturated carbocycles. The van der Waals surface area contributed by atoms with Gasteiger partial charge in [-0.2, -0.15) is 0 Å². The number of fused-ring (bicyclic) bond motifs is 1. The highest BCUT2D eigenvalue weighted by molar-refractivity contribution is 7.22. The van der Waals surface area contributed by atoms with Gasteiger partial charge in [0.2, 0.25) is 0 Å². The molecule has 0 aliphatic rings. The van der Waals surface area contributed by atoms with E-state index in [1.807, 2.05) is 24.3 Å². The number of benzene rings is 2. The fraction of sp³-hybridized carbons (Fsp3) is 0.263. The van der Waals surface area contributed by atoms with Gasteiger partial charge in [0.1, 0.15) is 0 Å². The highest BCUT2D eigenvalue weighted by Crippen LogP contribution is 2.30. The van der Waals surface area contributed by atoms with Crippen molar-refractivity contribution in [2.45, 2.75) is 19.8 Å². The van der Waals surface area contributed by atoms with E-state index in [9.17, 15) is 4.79 Å². The van der Waals surface area contributed by atoms with Gasteiger partial charge in [0.25, 0.3) is 5.91 Å². The Morgan fingerprint density at radius 1 is 1.20 bits per heavy atom. The van der Waals surface area contributed by atoms with Gasteiger partial charge in [-0.05, 0) is 36.8 Å². The zero-order chi connectivity index (χ0) is 17.6. The van der Waals surface area contributed by atoms with Crippen molar-refractivity contribution in [3.8, 4) is 11.5 Å². The van der Waals surface area contributed by atoms with Crippen LogP contribution < -0.4 is 14.8 Å². The minimum absolute atomic E-state index is 0.225. The normalized spacial score (nSPS) is 10.6. The number of aromatic nitrogens is 1. The van der Waals surface area contributed by atoms with E-state index in [1.165, 1.54) is 11.3 Å². The number of hydrogen-bond acceptors (Lipinski definition) is 5. The molecule has 1 N–H and O–H groups in total. The van der Waals surface area contributed by atoms with Crippen LogP contribution in [0.25, 0.3) is 10.2 Å². The Kier molecular flexibility index (Phi) is 5.50. The minimum atomic E-state index is -0.225. The van der Waals surface area contributed by atoms with E-state index in [0.717, 1.165) is 23.1 Å². The topological polar surface area (TPSA) is 60.5 Å². The highest BCUT2D eigenvalue weighted by Gasteiger charge is 2.13. The monoisotopic (exact) mass is 356 g/mol. The van der Waals surface area contributed by atoms with Crippen molar-refractivity contribution in [3.63, 3.8) is 0 Å². The van der Waals surface area contributed by atoms with Gasteiger partial charge in [-0.3, -0.25) is 10.1 Å². The maximum Gasteiger partial charge on any atom is 0.257 e. The van der Waals surface area contributed by atoms with Crippen molar-refractivity contribution in [2.75, 3.05) is 19.0 Å². The molecule has 0 bridgehead atoms. The summed E-state index contributed by atoms with van der Waals surface area (Å²) in [6.45, 7) is 2.74. The highest BCUT2D eigenvalue weighted by atomic mass is 32.1. The van der Waals surface area contributed by atoms with Crippen molar-refractivity contribution in [1.82, 2.24) is 4.98 Å². The summed E-state index contributed by atoms with van der Waals surface area (Å²) in [5, 5.41) is 3.42. The second kappa shape index (κ2) is 7.98. The molecule has 0 unspecified atom stereocenters. The van der Waals surface area contributed by atoms with Crippen LogP contribution in [0.1, 0.15) is 30.1 Å². The molecule has 6 heteroatoms. The summed E-state index contributed by atoms with van der Waals surface area (Å²) in [7, 11) is 1.57. The van der Waals surface area contributed by atoms with E-state index in [2.05, 4.69) is 17.2 Å². The van der Waals surface area contributed by atoms with Crippen LogP contribution >= 0.6 is 11.3 Å². The predicted octanol–water partition coefficient (Wildman–Crippen LogP) is 4.74. The third-order valence-electron chi connectivity index (χ3n) is 3.70. The second-order valence-corrected chi connectivity index (χ2v) is 6.54. The molecule has 0 aliphatic heterocycles. The molecule has 3 rings (SSSR count). The van der Waals surface area contributed by atoms with E-state index < -0.39 is 0 Å². The number of nitrogens with one attached hydrogen (secondary N) is 1. The van der Waals surface area contributed by atoms with E-state index in [0.29, 0.717) is 28.8 Å². The Labute approximate surface area is 150 Å². The Balaban J connectivity index is 1.74. The standard InChI is InChI=1S/C19H20N2O3S/c1-3-4-11-24-15-10-9-13(12-16(15)23-2)18(22)21-19-20-14-7-5-6-8-17(14)25-19/h5-10,12H,3-4,11H2,1-2H3,(H,20,21,22). The third-order valence-corrected chi connectivity index (χ3v) is 4.65. The van der Waals surface area contributed by atoms with Crippen LogP contribution in [0.4, 0.5) is 5.13 Å². The molecule has 1 amide bonds. The summed E-state index contributed by atoms with van der Waals surface area (Å²) < 4.78 is 12.1. The molecule has 0 atom stereocenters. The number of ether oxygens (including phenoxy) is 2. The molecule has 25 heavy (non-hydrogen) atoms. The van der Waals surface area contributed by atoms with Gasteiger partial charge in [-0.1, -0.05) is 36.8 Å². The Morgan fingerprint density at radius 3 is 2.80 bits per heavy atom. The van der Waals surface area contributed by atoms with E-state index >= 15 is 0 Å². The number of carbonyl (C=O) groups excluding carboxylic acids is 1. The molecule has 1 aromatic heterocycles. The van der Waals surface area contributed by atoms with Gasteiger partial charge < -0.3 is 9.47 Å². The van der Waals surface area contributed by atoms with Gasteiger partial charge in [0.05, 0.1) is 23.9 Å². The quantitative estimate of drug-likeness (QED) is 0.621. The fourth-order valence-electron chi connectivity index (χ4n) is 2.35. The van der Waals surface area contributed by atoms with Gasteiger partial charge >= 0.3 is 0 Å². The van der Waals surface area contributed by atoms with Gasteiger partial charge in [0, 0.05) is 5.56 Å². The average molecular weight is 356 g/mol. The molecule has 0 spiro atoms. The van der Waals surface area contributed by atoms with Crippen LogP contribution in [0.15, 0.2) is 42.5 Å². The first-order chi connectivity index (χ1) is 12.2. The number of anilines is 1. The minimum Gasteiger partial charge on any atom is -0.493 e. The number of thiazole rings is 1. The number of rotatable bonds is 7. The van der Waals surface area contributed by atoms with E-state index in [4.69, 9.17) is 9.47 Å². The number of hydrogen-bond donors (Lipinski definition) is 1. The van der Waals surface area contributed by atoms with Crippen LogP contribution in [0.3, 0.4) is 0 Å². The van der Waals surface area contributed by atoms with Crippen LogP contribution in [-0.2, 0) is 0 Å². The maximum absolute atomic E-state index is 12.5. The Hall–Kier alpha value is -2.60. The Morgan fingerprint density at radius 2 is 2.04 bits per heavy atom. The SMILES string of the molecule is CCCCOc1ccc(C(=O)Nc2nc3ccccc3s2)cc1OC.